The van der Waals surface area contributed by atoms with E-state index in [9.17, 15) is 8.42 Å². The average molecular weight is 380 g/mol. The molecule has 1 aromatic carbocycles. The summed E-state index contributed by atoms with van der Waals surface area (Å²) in [6.45, 7) is 4.15. The molecule has 6 nitrogen and oxygen atoms in total. The Hall–Kier alpha value is -1.48. The van der Waals surface area contributed by atoms with Gasteiger partial charge in [-0.25, -0.2) is 13.4 Å². The van der Waals surface area contributed by atoms with Gasteiger partial charge in [0, 0.05) is 24.9 Å². The third-order valence-corrected chi connectivity index (χ3v) is 7.42. The zero-order valence-electron chi connectivity index (χ0n) is 14.3. The Balaban J connectivity index is 1.78. The van der Waals surface area contributed by atoms with Crippen LogP contribution in [-0.2, 0) is 16.6 Å². The van der Waals surface area contributed by atoms with Crippen molar-refractivity contribution in [3.63, 3.8) is 0 Å². The summed E-state index contributed by atoms with van der Waals surface area (Å²) in [5.74, 6) is 0.453. The smallest absolute Gasteiger partial charge is 0.247 e. The van der Waals surface area contributed by atoms with Crippen LogP contribution in [-0.4, -0.2) is 54.9 Å². The minimum atomic E-state index is -3.63. The van der Waals surface area contributed by atoms with Crippen molar-refractivity contribution >= 4 is 21.4 Å². The number of hydrogen-bond acceptors (Lipinski definition) is 6. The number of nitrogens with zero attached hydrogens (tertiary/aromatic N) is 3. The molecule has 0 bridgehead atoms. The average Bonchev–Trinajstić information content (AvgIpc) is 3.11. The first kappa shape index (κ1) is 17.0. The van der Waals surface area contributed by atoms with E-state index in [0.717, 1.165) is 23.7 Å². The first-order valence-corrected chi connectivity index (χ1v) is 10.6. The summed E-state index contributed by atoms with van der Waals surface area (Å²) >= 11 is 1.54. The molecule has 1 saturated heterocycles. The minimum Gasteiger partial charge on any atom is -0.483 e. The highest BCUT2D eigenvalue weighted by Gasteiger charge is 2.47. The number of likely N-dealkylation sites (tertiary alicyclic amines) is 1. The lowest BCUT2D eigenvalue weighted by Crippen LogP contribution is -2.48. The molecule has 2 aliphatic heterocycles. The number of thiazole rings is 1. The molecule has 1 unspecified atom stereocenters. The van der Waals surface area contributed by atoms with E-state index in [2.05, 4.69) is 9.88 Å². The Bertz CT molecular complexity index is 896. The van der Waals surface area contributed by atoms with Gasteiger partial charge in [-0.1, -0.05) is 12.1 Å². The van der Waals surface area contributed by atoms with Gasteiger partial charge in [0.2, 0.25) is 10.0 Å². The summed E-state index contributed by atoms with van der Waals surface area (Å²) in [5, 5.41) is 2.87. The fourth-order valence-corrected chi connectivity index (χ4v) is 5.82. The topological polar surface area (TPSA) is 62.7 Å². The molecule has 3 heterocycles. The molecule has 1 aromatic heterocycles. The van der Waals surface area contributed by atoms with Crippen molar-refractivity contribution in [2.45, 2.75) is 30.4 Å². The number of hydrogen-bond donors (Lipinski definition) is 0. The lowest BCUT2D eigenvalue weighted by molar-refractivity contribution is 0.0603. The molecular weight excluding hydrogens is 358 g/mol. The van der Waals surface area contributed by atoms with Crippen LogP contribution in [0.2, 0.25) is 0 Å². The summed E-state index contributed by atoms with van der Waals surface area (Å²) in [6, 6.07) is 6.94. The molecular formula is C17H21N3O3S2. The van der Waals surface area contributed by atoms with E-state index in [1.165, 1.54) is 15.6 Å². The highest BCUT2D eigenvalue weighted by molar-refractivity contribution is 7.89. The highest BCUT2D eigenvalue weighted by Crippen LogP contribution is 2.38. The first-order valence-electron chi connectivity index (χ1n) is 8.26. The highest BCUT2D eigenvalue weighted by atomic mass is 32.2. The minimum absolute atomic E-state index is 0.244. The van der Waals surface area contributed by atoms with Crippen molar-refractivity contribution in [3.8, 4) is 5.75 Å². The number of likely N-dealkylation sites (N-methyl/N-ethyl adjacent to an activating group) is 1. The van der Waals surface area contributed by atoms with Gasteiger partial charge in [-0.3, -0.25) is 0 Å². The number of benzene rings is 1. The van der Waals surface area contributed by atoms with E-state index in [1.54, 1.807) is 18.2 Å². The van der Waals surface area contributed by atoms with E-state index in [4.69, 9.17) is 4.74 Å². The number of rotatable bonds is 2. The Morgan fingerprint density at radius 1 is 1.32 bits per heavy atom. The van der Waals surface area contributed by atoms with Crippen LogP contribution in [0.3, 0.4) is 0 Å². The van der Waals surface area contributed by atoms with E-state index in [1.807, 2.05) is 25.4 Å². The third kappa shape index (κ3) is 3.08. The van der Waals surface area contributed by atoms with Crippen molar-refractivity contribution in [2.24, 2.45) is 0 Å². The quantitative estimate of drug-likeness (QED) is 0.800. The number of sulfonamides is 1. The molecule has 1 atom stereocenters. The van der Waals surface area contributed by atoms with Crippen LogP contribution >= 0.6 is 11.3 Å². The lowest BCUT2D eigenvalue weighted by atomic mass is 10.0. The maximum absolute atomic E-state index is 13.3. The van der Waals surface area contributed by atoms with Crippen LogP contribution in [0.25, 0.3) is 0 Å². The van der Waals surface area contributed by atoms with Crippen molar-refractivity contribution in [1.82, 2.24) is 14.2 Å². The van der Waals surface area contributed by atoms with Crippen molar-refractivity contribution in [2.75, 3.05) is 26.7 Å². The van der Waals surface area contributed by atoms with Crippen molar-refractivity contribution in [1.29, 1.82) is 0 Å². The molecule has 1 fully saturated rings. The second-order valence-corrected chi connectivity index (χ2v) is 9.82. The first-order chi connectivity index (χ1) is 11.9. The van der Waals surface area contributed by atoms with Crippen LogP contribution in [0.4, 0.5) is 0 Å². The molecule has 0 radical (unpaired) electrons. The Labute approximate surface area is 152 Å². The van der Waals surface area contributed by atoms with Gasteiger partial charge < -0.3 is 9.64 Å². The summed E-state index contributed by atoms with van der Waals surface area (Å²) in [4.78, 5) is 6.88. The van der Waals surface area contributed by atoms with Gasteiger partial charge in [0.25, 0.3) is 0 Å². The maximum atomic E-state index is 13.3. The Kier molecular flexibility index (Phi) is 4.10. The lowest BCUT2D eigenvalue weighted by Gasteiger charge is -2.31. The van der Waals surface area contributed by atoms with Gasteiger partial charge in [0.05, 0.1) is 23.8 Å². The summed E-state index contributed by atoms with van der Waals surface area (Å²) < 4.78 is 34.4. The van der Waals surface area contributed by atoms with E-state index < -0.39 is 15.6 Å². The molecule has 25 heavy (non-hydrogen) atoms. The Morgan fingerprint density at radius 3 is 2.80 bits per heavy atom. The number of aryl methyl sites for hydroxylation is 1. The molecule has 134 valence electrons. The molecule has 2 aliphatic rings. The van der Waals surface area contributed by atoms with Crippen LogP contribution in [0.1, 0.15) is 17.1 Å². The largest absolute Gasteiger partial charge is 0.483 e. The third-order valence-electron chi connectivity index (χ3n) is 4.77. The van der Waals surface area contributed by atoms with Crippen molar-refractivity contribution < 1.29 is 13.2 Å². The van der Waals surface area contributed by atoms with E-state index >= 15 is 0 Å². The number of ether oxygens (including phenoxy) is 1. The SMILES string of the molecule is Cc1nc(CN2CC3(CCN(C)C3)Oc3ccccc3S2(=O)=O)cs1. The zero-order chi connectivity index (χ0) is 17.7. The number of aromatic nitrogens is 1. The van der Waals surface area contributed by atoms with E-state index in [0.29, 0.717) is 18.8 Å². The summed E-state index contributed by atoms with van der Waals surface area (Å²) in [6.07, 6.45) is 0.806. The predicted molar refractivity (Wildman–Crippen MR) is 96.4 cm³/mol. The fourth-order valence-electron chi connectivity index (χ4n) is 3.62. The van der Waals surface area contributed by atoms with Gasteiger partial charge in [-0.15, -0.1) is 11.3 Å². The maximum Gasteiger partial charge on any atom is 0.247 e. The molecule has 0 amide bonds. The van der Waals surface area contributed by atoms with Gasteiger partial charge >= 0.3 is 0 Å². The molecule has 8 heteroatoms. The van der Waals surface area contributed by atoms with Crippen LogP contribution in [0.5, 0.6) is 5.75 Å². The number of para-hydroxylation sites is 1. The molecule has 1 spiro atoms. The fraction of sp³-hybridized carbons (Fsp3) is 0.471. The van der Waals surface area contributed by atoms with Gasteiger partial charge in [-0.05, 0) is 26.1 Å². The standard InChI is InChI=1S/C17H21N3O3S2/c1-13-18-14(10-24-13)9-20-12-17(7-8-19(2)11-17)23-15-5-3-4-6-16(15)25(20,21)22/h3-6,10H,7-9,11-12H2,1-2H3. The van der Waals surface area contributed by atoms with Gasteiger partial charge in [0.15, 0.2) is 0 Å². The summed E-state index contributed by atoms with van der Waals surface area (Å²) in [7, 11) is -1.60. The zero-order valence-corrected chi connectivity index (χ0v) is 15.9. The van der Waals surface area contributed by atoms with Crippen molar-refractivity contribution in [3.05, 3.63) is 40.3 Å². The molecule has 0 aliphatic carbocycles. The van der Waals surface area contributed by atoms with E-state index in [-0.39, 0.29) is 11.4 Å². The van der Waals surface area contributed by atoms with Gasteiger partial charge in [0.1, 0.15) is 16.2 Å². The van der Waals surface area contributed by atoms with Crippen LogP contribution in [0.15, 0.2) is 34.5 Å². The second kappa shape index (κ2) is 6.05. The number of fused-ring (bicyclic) bond motifs is 1. The van der Waals surface area contributed by atoms with Gasteiger partial charge in [-0.2, -0.15) is 4.31 Å². The summed E-state index contributed by atoms with van der Waals surface area (Å²) in [5.41, 5.74) is 0.270. The molecule has 4 rings (SSSR count). The van der Waals surface area contributed by atoms with Crippen LogP contribution < -0.4 is 4.74 Å². The molecule has 0 saturated carbocycles. The molecule has 2 aromatic rings. The second-order valence-electron chi connectivity index (χ2n) is 6.85. The molecule has 0 N–H and O–H groups in total. The Morgan fingerprint density at radius 2 is 2.12 bits per heavy atom. The monoisotopic (exact) mass is 379 g/mol. The van der Waals surface area contributed by atoms with Crippen LogP contribution in [0, 0.1) is 6.92 Å². The normalized spacial score (nSPS) is 26.3. The predicted octanol–water partition coefficient (Wildman–Crippen LogP) is 2.11.